The van der Waals surface area contributed by atoms with E-state index in [-0.39, 0.29) is 12.4 Å². The SMILES string of the molecule is CC1CCCC(N(Cc2ccc3c(c2)OCO3)Cc2nnc3n(C)c(=O)c4sccc4n23)C1C. The van der Waals surface area contributed by atoms with Crippen molar-refractivity contribution in [3.63, 3.8) is 0 Å². The molecule has 0 N–H and O–H groups in total. The van der Waals surface area contributed by atoms with E-state index in [1.807, 2.05) is 17.5 Å². The fourth-order valence-electron chi connectivity index (χ4n) is 5.57. The highest BCUT2D eigenvalue weighted by atomic mass is 32.1. The topological polar surface area (TPSA) is 73.9 Å². The maximum atomic E-state index is 12.8. The Balaban J connectivity index is 1.41. The lowest BCUT2D eigenvalue weighted by atomic mass is 9.77. The number of aryl methyl sites for hydroxylation is 1. The molecule has 4 heterocycles. The van der Waals surface area contributed by atoms with Crippen molar-refractivity contribution in [2.75, 3.05) is 6.79 Å². The average molecular weight is 480 g/mol. The van der Waals surface area contributed by atoms with Gasteiger partial charge >= 0.3 is 0 Å². The lowest BCUT2D eigenvalue weighted by Crippen LogP contribution is -2.43. The summed E-state index contributed by atoms with van der Waals surface area (Å²) in [5, 5.41) is 11.0. The van der Waals surface area contributed by atoms with Gasteiger partial charge in [-0.3, -0.25) is 18.7 Å². The van der Waals surface area contributed by atoms with E-state index in [0.29, 0.717) is 30.2 Å². The summed E-state index contributed by atoms with van der Waals surface area (Å²) in [5.41, 5.74) is 2.05. The Hall–Kier alpha value is -2.91. The van der Waals surface area contributed by atoms with Crippen molar-refractivity contribution < 1.29 is 9.47 Å². The number of fused-ring (bicyclic) bond motifs is 4. The van der Waals surface area contributed by atoms with Gasteiger partial charge in [-0.15, -0.1) is 21.5 Å². The second kappa shape index (κ2) is 8.39. The molecule has 6 rings (SSSR count). The molecular formula is C25H29N5O3S. The van der Waals surface area contributed by atoms with Gasteiger partial charge in [-0.2, -0.15) is 0 Å². The van der Waals surface area contributed by atoms with Crippen LogP contribution in [0.1, 0.15) is 44.5 Å². The first kappa shape index (κ1) is 21.6. The van der Waals surface area contributed by atoms with E-state index in [2.05, 4.69) is 45.5 Å². The molecule has 0 amide bonds. The van der Waals surface area contributed by atoms with E-state index < -0.39 is 0 Å². The van der Waals surface area contributed by atoms with Gasteiger partial charge in [-0.1, -0.05) is 32.8 Å². The van der Waals surface area contributed by atoms with Crippen molar-refractivity contribution >= 4 is 27.3 Å². The normalized spacial score (nSPS) is 22.3. The van der Waals surface area contributed by atoms with Crippen LogP contribution in [0, 0.1) is 11.8 Å². The molecule has 1 aliphatic heterocycles. The first-order chi connectivity index (χ1) is 16.5. The highest BCUT2D eigenvalue weighted by molar-refractivity contribution is 7.17. The lowest BCUT2D eigenvalue weighted by Gasteiger charge is -2.41. The molecule has 1 aliphatic carbocycles. The molecule has 0 radical (unpaired) electrons. The summed E-state index contributed by atoms with van der Waals surface area (Å²) in [5.74, 6) is 4.31. The average Bonchev–Trinajstić information content (AvgIpc) is 3.58. The van der Waals surface area contributed by atoms with Crippen LogP contribution in [0.2, 0.25) is 0 Å². The van der Waals surface area contributed by atoms with Crippen LogP contribution in [0.25, 0.3) is 16.0 Å². The molecule has 3 unspecified atom stereocenters. The molecule has 1 fully saturated rings. The second-order valence-electron chi connectivity index (χ2n) is 9.68. The van der Waals surface area contributed by atoms with Gasteiger partial charge in [0.25, 0.3) is 5.56 Å². The fourth-order valence-corrected chi connectivity index (χ4v) is 6.42. The highest BCUT2D eigenvalue weighted by Crippen LogP contribution is 2.36. The number of thiophene rings is 1. The molecule has 1 aromatic carbocycles. The van der Waals surface area contributed by atoms with E-state index in [1.54, 1.807) is 11.6 Å². The summed E-state index contributed by atoms with van der Waals surface area (Å²) in [4.78, 5) is 15.3. The van der Waals surface area contributed by atoms with Crippen LogP contribution in [-0.4, -0.2) is 36.9 Å². The minimum atomic E-state index is -0.0246. The van der Waals surface area contributed by atoms with Gasteiger partial charge in [-0.05, 0) is 47.4 Å². The third kappa shape index (κ3) is 3.49. The second-order valence-corrected chi connectivity index (χ2v) is 10.6. The Kier molecular flexibility index (Phi) is 5.33. The van der Waals surface area contributed by atoms with E-state index >= 15 is 0 Å². The molecular weight excluding hydrogens is 450 g/mol. The predicted octanol–water partition coefficient (Wildman–Crippen LogP) is 4.20. The third-order valence-corrected chi connectivity index (χ3v) is 8.59. The molecule has 0 saturated heterocycles. The van der Waals surface area contributed by atoms with Crippen molar-refractivity contribution in [1.29, 1.82) is 0 Å². The van der Waals surface area contributed by atoms with Crippen molar-refractivity contribution in [1.82, 2.24) is 24.1 Å². The molecule has 0 spiro atoms. The number of hydrogen-bond acceptors (Lipinski definition) is 7. The molecule has 0 bridgehead atoms. The zero-order valence-electron chi connectivity index (χ0n) is 19.7. The summed E-state index contributed by atoms with van der Waals surface area (Å²) >= 11 is 1.47. The minimum absolute atomic E-state index is 0.0246. The Labute approximate surface area is 201 Å². The zero-order chi connectivity index (χ0) is 23.4. The van der Waals surface area contributed by atoms with Crippen molar-refractivity contribution in [2.45, 2.75) is 52.2 Å². The molecule has 8 nitrogen and oxygen atoms in total. The number of nitrogens with zero attached hydrogens (tertiary/aromatic N) is 5. The largest absolute Gasteiger partial charge is 0.454 e. The molecule has 178 valence electrons. The molecule has 3 atom stereocenters. The van der Waals surface area contributed by atoms with Crippen LogP contribution in [-0.2, 0) is 20.1 Å². The standard InChI is InChI=1S/C25H29N5O3S/c1-15-5-4-6-18(16(15)2)29(12-17-7-8-20-21(11-17)33-14-32-20)13-22-26-27-25-28(3)24(31)23-19(30(22)25)9-10-34-23/h7-11,15-16,18H,4-6,12-14H2,1-3H3. The summed E-state index contributed by atoms with van der Waals surface area (Å²) in [6.07, 6.45) is 3.68. The smallest absolute Gasteiger partial charge is 0.272 e. The first-order valence-electron chi connectivity index (χ1n) is 11.9. The lowest BCUT2D eigenvalue weighted by molar-refractivity contribution is 0.0663. The fraction of sp³-hybridized carbons (Fsp3) is 0.480. The van der Waals surface area contributed by atoms with Crippen LogP contribution < -0.4 is 15.0 Å². The van der Waals surface area contributed by atoms with Crippen LogP contribution in [0.3, 0.4) is 0 Å². The quantitative estimate of drug-likeness (QED) is 0.427. The molecule has 4 aromatic rings. The van der Waals surface area contributed by atoms with Crippen molar-refractivity contribution in [3.05, 3.63) is 51.4 Å². The summed E-state index contributed by atoms with van der Waals surface area (Å²) in [6, 6.07) is 8.65. The van der Waals surface area contributed by atoms with Gasteiger partial charge in [0.2, 0.25) is 12.6 Å². The monoisotopic (exact) mass is 479 g/mol. The van der Waals surface area contributed by atoms with Crippen LogP contribution in [0.15, 0.2) is 34.4 Å². The number of benzene rings is 1. The zero-order valence-corrected chi connectivity index (χ0v) is 20.5. The van der Waals surface area contributed by atoms with E-state index in [1.165, 1.54) is 36.2 Å². The minimum Gasteiger partial charge on any atom is -0.454 e. The summed E-state index contributed by atoms with van der Waals surface area (Å²) < 4.78 is 15.5. The summed E-state index contributed by atoms with van der Waals surface area (Å²) in [6.45, 7) is 6.46. The number of hydrogen-bond donors (Lipinski definition) is 0. The molecule has 3 aromatic heterocycles. The van der Waals surface area contributed by atoms with Gasteiger partial charge in [0.05, 0.1) is 12.1 Å². The van der Waals surface area contributed by atoms with Gasteiger partial charge in [0.15, 0.2) is 17.3 Å². The number of aromatic nitrogens is 4. The Bertz CT molecular complexity index is 1420. The van der Waals surface area contributed by atoms with Gasteiger partial charge in [-0.25, -0.2) is 0 Å². The van der Waals surface area contributed by atoms with E-state index in [4.69, 9.17) is 9.47 Å². The molecule has 1 saturated carbocycles. The Morgan fingerprint density at radius 2 is 1.97 bits per heavy atom. The molecule has 9 heteroatoms. The van der Waals surface area contributed by atoms with Gasteiger partial charge < -0.3 is 9.47 Å². The van der Waals surface area contributed by atoms with Gasteiger partial charge in [0, 0.05) is 19.6 Å². The maximum Gasteiger partial charge on any atom is 0.272 e. The number of rotatable bonds is 5. The Morgan fingerprint density at radius 3 is 2.85 bits per heavy atom. The van der Waals surface area contributed by atoms with Crippen LogP contribution in [0.5, 0.6) is 11.5 Å². The molecule has 2 aliphatic rings. The Morgan fingerprint density at radius 1 is 1.12 bits per heavy atom. The molecule has 34 heavy (non-hydrogen) atoms. The van der Waals surface area contributed by atoms with E-state index in [9.17, 15) is 4.79 Å². The predicted molar refractivity (Wildman–Crippen MR) is 131 cm³/mol. The number of ether oxygens (including phenoxy) is 2. The van der Waals surface area contributed by atoms with E-state index in [0.717, 1.165) is 34.1 Å². The summed E-state index contributed by atoms with van der Waals surface area (Å²) in [7, 11) is 1.77. The first-order valence-corrected chi connectivity index (χ1v) is 12.8. The maximum absolute atomic E-state index is 12.8. The van der Waals surface area contributed by atoms with Crippen molar-refractivity contribution in [3.8, 4) is 11.5 Å². The third-order valence-electron chi connectivity index (χ3n) is 7.70. The van der Waals surface area contributed by atoms with Gasteiger partial charge in [0.1, 0.15) is 4.70 Å². The van der Waals surface area contributed by atoms with Crippen LogP contribution in [0.4, 0.5) is 0 Å². The van der Waals surface area contributed by atoms with Crippen LogP contribution >= 0.6 is 11.3 Å². The highest BCUT2D eigenvalue weighted by Gasteiger charge is 2.33. The van der Waals surface area contributed by atoms with Crippen molar-refractivity contribution in [2.24, 2.45) is 18.9 Å².